The van der Waals surface area contributed by atoms with E-state index in [1.165, 1.54) is 55.8 Å². The minimum absolute atomic E-state index is 0. The van der Waals surface area contributed by atoms with Gasteiger partial charge in [-0.15, -0.1) is 0 Å². The standard InChI is InChI=1S/C17H24N2S.ClH/c1-3-8-15(9-4-1)14-20-17-18-12-7-13-19(17)16-10-5-2-6-11-16;/h1,3-4,8-9,16H,2,5-7,10-14H2;1H/p-1. The fraction of sp³-hybridized carbons (Fsp3) is 0.588. The lowest BCUT2D eigenvalue weighted by atomic mass is 9.94. The van der Waals surface area contributed by atoms with Crippen LogP contribution in [0.1, 0.15) is 44.1 Å². The molecule has 116 valence electrons. The summed E-state index contributed by atoms with van der Waals surface area (Å²) in [6, 6.07) is 11.5. The number of nitrogens with zero attached hydrogens (tertiary/aromatic N) is 2. The molecule has 2 aliphatic rings. The molecule has 1 heterocycles. The quantitative estimate of drug-likeness (QED) is 0.834. The van der Waals surface area contributed by atoms with Crippen LogP contribution in [0.15, 0.2) is 35.3 Å². The van der Waals surface area contributed by atoms with Gasteiger partial charge in [0.05, 0.1) is 0 Å². The lowest BCUT2D eigenvalue weighted by Crippen LogP contribution is -3.00. The maximum Gasteiger partial charge on any atom is 0.159 e. The smallest absolute Gasteiger partial charge is 0.159 e. The Bertz CT molecular complexity index is 443. The zero-order valence-corrected chi connectivity index (χ0v) is 14.1. The van der Waals surface area contributed by atoms with Gasteiger partial charge in [-0.3, -0.25) is 4.99 Å². The van der Waals surface area contributed by atoms with E-state index in [-0.39, 0.29) is 12.4 Å². The van der Waals surface area contributed by atoms with Crippen molar-refractivity contribution in [2.75, 3.05) is 13.1 Å². The SMILES string of the molecule is [Cl-].c1ccc(CSC2=NCCCN2C2CCCCC2)cc1. The highest BCUT2D eigenvalue weighted by atomic mass is 35.5. The third-order valence-corrected chi connectivity index (χ3v) is 5.38. The highest BCUT2D eigenvalue weighted by Crippen LogP contribution is 2.28. The van der Waals surface area contributed by atoms with Gasteiger partial charge in [-0.05, 0) is 24.8 Å². The van der Waals surface area contributed by atoms with Crippen molar-refractivity contribution in [3.05, 3.63) is 35.9 Å². The molecule has 0 spiro atoms. The predicted molar refractivity (Wildman–Crippen MR) is 88.2 cm³/mol. The molecule has 0 atom stereocenters. The van der Waals surface area contributed by atoms with E-state index < -0.39 is 0 Å². The summed E-state index contributed by atoms with van der Waals surface area (Å²) in [5, 5.41) is 1.30. The lowest BCUT2D eigenvalue weighted by Gasteiger charge is -2.38. The molecular weight excluding hydrogens is 300 g/mol. The Hall–Kier alpha value is -0.670. The molecule has 0 aromatic heterocycles. The molecule has 4 heteroatoms. The minimum atomic E-state index is 0. The van der Waals surface area contributed by atoms with Gasteiger partial charge < -0.3 is 17.3 Å². The second kappa shape index (κ2) is 8.70. The molecule has 1 aromatic carbocycles. The molecule has 3 rings (SSSR count). The van der Waals surface area contributed by atoms with Gasteiger partial charge in [0.1, 0.15) is 0 Å². The molecule has 1 fully saturated rings. The first kappa shape index (κ1) is 16.7. The van der Waals surface area contributed by atoms with Crippen LogP contribution in [-0.2, 0) is 5.75 Å². The van der Waals surface area contributed by atoms with Crippen molar-refractivity contribution in [1.29, 1.82) is 0 Å². The number of halogens is 1. The zero-order chi connectivity index (χ0) is 13.6. The Morgan fingerprint density at radius 1 is 1.05 bits per heavy atom. The number of hydrogen-bond acceptors (Lipinski definition) is 3. The van der Waals surface area contributed by atoms with Crippen molar-refractivity contribution in [3.8, 4) is 0 Å². The van der Waals surface area contributed by atoms with E-state index in [9.17, 15) is 0 Å². The molecule has 1 aliphatic carbocycles. The van der Waals surface area contributed by atoms with Crippen LogP contribution in [0, 0.1) is 0 Å². The van der Waals surface area contributed by atoms with Crippen molar-refractivity contribution in [3.63, 3.8) is 0 Å². The second-order valence-electron chi connectivity index (χ2n) is 5.78. The van der Waals surface area contributed by atoms with Crippen LogP contribution in [-0.4, -0.2) is 29.2 Å². The van der Waals surface area contributed by atoms with Crippen LogP contribution >= 0.6 is 11.8 Å². The third-order valence-electron chi connectivity index (χ3n) is 4.28. The molecule has 0 amide bonds. The Labute approximate surface area is 138 Å². The van der Waals surface area contributed by atoms with E-state index in [1.54, 1.807) is 0 Å². The van der Waals surface area contributed by atoms with Crippen molar-refractivity contribution >= 4 is 16.9 Å². The monoisotopic (exact) mass is 323 g/mol. The molecule has 0 radical (unpaired) electrons. The maximum atomic E-state index is 4.81. The van der Waals surface area contributed by atoms with Crippen LogP contribution in [0.4, 0.5) is 0 Å². The number of benzene rings is 1. The van der Waals surface area contributed by atoms with Crippen LogP contribution < -0.4 is 12.4 Å². The van der Waals surface area contributed by atoms with Gasteiger partial charge in [-0.25, -0.2) is 0 Å². The van der Waals surface area contributed by atoms with Crippen molar-refractivity contribution < 1.29 is 12.4 Å². The first-order chi connectivity index (χ1) is 9.93. The van der Waals surface area contributed by atoms with E-state index in [0.717, 1.165) is 18.3 Å². The highest BCUT2D eigenvalue weighted by molar-refractivity contribution is 8.13. The molecule has 21 heavy (non-hydrogen) atoms. The number of hydrogen-bond donors (Lipinski definition) is 0. The summed E-state index contributed by atoms with van der Waals surface area (Å²) in [5.74, 6) is 1.04. The number of rotatable bonds is 3. The normalized spacial score (nSPS) is 19.8. The average molecular weight is 324 g/mol. The van der Waals surface area contributed by atoms with E-state index >= 15 is 0 Å². The first-order valence-electron chi connectivity index (χ1n) is 7.91. The summed E-state index contributed by atoms with van der Waals surface area (Å²) in [5.41, 5.74) is 1.40. The topological polar surface area (TPSA) is 15.6 Å². The van der Waals surface area contributed by atoms with Crippen molar-refractivity contribution in [2.45, 2.75) is 50.3 Å². The molecule has 0 saturated heterocycles. The second-order valence-corrected chi connectivity index (χ2v) is 6.72. The van der Waals surface area contributed by atoms with Crippen LogP contribution in [0.5, 0.6) is 0 Å². The Morgan fingerprint density at radius 2 is 1.81 bits per heavy atom. The van der Waals surface area contributed by atoms with Crippen molar-refractivity contribution in [1.82, 2.24) is 4.90 Å². The van der Waals surface area contributed by atoms with Crippen LogP contribution in [0.25, 0.3) is 0 Å². The Kier molecular flexibility index (Phi) is 6.91. The Morgan fingerprint density at radius 3 is 2.57 bits per heavy atom. The lowest BCUT2D eigenvalue weighted by molar-refractivity contribution is -0.00000422. The maximum absolute atomic E-state index is 4.81. The summed E-state index contributed by atoms with van der Waals surface area (Å²) in [6.07, 6.45) is 8.19. The largest absolute Gasteiger partial charge is 1.00 e. The molecule has 1 aromatic rings. The predicted octanol–water partition coefficient (Wildman–Crippen LogP) is 1.32. The average Bonchev–Trinajstić information content (AvgIpc) is 2.55. The minimum Gasteiger partial charge on any atom is -1.00 e. The summed E-state index contributed by atoms with van der Waals surface area (Å²) < 4.78 is 0. The van der Waals surface area contributed by atoms with E-state index in [4.69, 9.17) is 4.99 Å². The van der Waals surface area contributed by atoms with Gasteiger partial charge in [-0.2, -0.15) is 0 Å². The van der Waals surface area contributed by atoms with Gasteiger partial charge >= 0.3 is 0 Å². The van der Waals surface area contributed by atoms with E-state index in [2.05, 4.69) is 35.2 Å². The van der Waals surface area contributed by atoms with Crippen molar-refractivity contribution in [2.24, 2.45) is 4.99 Å². The third kappa shape index (κ3) is 4.65. The van der Waals surface area contributed by atoms with Gasteiger partial charge in [0.2, 0.25) is 0 Å². The highest BCUT2D eigenvalue weighted by Gasteiger charge is 2.25. The molecular formula is C17H24ClN2S-. The summed E-state index contributed by atoms with van der Waals surface area (Å²) in [4.78, 5) is 7.41. The van der Waals surface area contributed by atoms with Gasteiger partial charge in [-0.1, -0.05) is 61.4 Å². The zero-order valence-electron chi connectivity index (χ0n) is 12.5. The summed E-state index contributed by atoms with van der Waals surface area (Å²) in [6.45, 7) is 2.23. The Balaban J connectivity index is 0.00000161. The van der Waals surface area contributed by atoms with Crippen LogP contribution in [0.3, 0.4) is 0 Å². The van der Waals surface area contributed by atoms with Gasteiger partial charge in [0.15, 0.2) is 5.17 Å². The number of aliphatic imine (C=N–C) groups is 1. The summed E-state index contributed by atoms with van der Waals surface area (Å²) >= 11 is 1.93. The summed E-state index contributed by atoms with van der Waals surface area (Å²) in [7, 11) is 0. The molecule has 1 aliphatic heterocycles. The van der Waals surface area contributed by atoms with E-state index in [1.807, 2.05) is 11.8 Å². The fourth-order valence-electron chi connectivity index (χ4n) is 3.18. The van der Waals surface area contributed by atoms with E-state index in [0.29, 0.717) is 0 Å². The fourth-order valence-corrected chi connectivity index (χ4v) is 4.26. The molecule has 1 saturated carbocycles. The van der Waals surface area contributed by atoms with Crippen LogP contribution in [0.2, 0.25) is 0 Å². The molecule has 2 nitrogen and oxygen atoms in total. The van der Waals surface area contributed by atoms with Gasteiger partial charge in [0.25, 0.3) is 0 Å². The number of amidine groups is 1. The molecule has 0 N–H and O–H groups in total. The molecule has 0 bridgehead atoms. The number of thioether (sulfide) groups is 1. The molecule has 0 unspecified atom stereocenters. The first-order valence-corrected chi connectivity index (χ1v) is 8.90. The van der Waals surface area contributed by atoms with Gasteiger partial charge in [0, 0.05) is 24.9 Å².